The van der Waals surface area contributed by atoms with E-state index in [1.54, 1.807) is 0 Å². The summed E-state index contributed by atoms with van der Waals surface area (Å²) in [5, 5.41) is 0. The molecule has 0 saturated heterocycles. The van der Waals surface area contributed by atoms with Crippen LogP contribution in [0.3, 0.4) is 0 Å². The van der Waals surface area contributed by atoms with Crippen molar-refractivity contribution in [3.8, 4) is 0 Å². The molecule has 0 atom stereocenters. The lowest BCUT2D eigenvalue weighted by atomic mass is 9.74. The molecule has 0 spiro atoms. The van der Waals surface area contributed by atoms with Crippen LogP contribution in [0.2, 0.25) is 0 Å². The average molecular weight is 309 g/mol. The summed E-state index contributed by atoms with van der Waals surface area (Å²) in [6.07, 6.45) is 14.1. The summed E-state index contributed by atoms with van der Waals surface area (Å²) in [5.74, 6) is 0. The van der Waals surface area contributed by atoms with Gasteiger partial charge in [0.15, 0.2) is 0 Å². The molecule has 0 radical (unpaired) electrons. The highest BCUT2D eigenvalue weighted by Crippen LogP contribution is 2.34. The summed E-state index contributed by atoms with van der Waals surface area (Å²) >= 11 is 0. The van der Waals surface area contributed by atoms with Gasteiger partial charge in [0, 0.05) is 24.7 Å². The van der Waals surface area contributed by atoms with E-state index in [4.69, 9.17) is 0 Å². The van der Waals surface area contributed by atoms with Crippen molar-refractivity contribution in [3.05, 3.63) is 0 Å². The molecule has 0 aromatic heterocycles. The lowest BCUT2D eigenvalue weighted by Crippen LogP contribution is -2.25. The SMILES string of the molecule is CCCCC/N=C/CC(C)(C)CC(C)(C)/C=N/CCCCC. The fraction of sp³-hybridized carbons (Fsp3) is 0.900. The highest BCUT2D eigenvalue weighted by molar-refractivity contribution is 5.65. The highest BCUT2D eigenvalue weighted by Gasteiger charge is 2.26. The van der Waals surface area contributed by atoms with Crippen molar-refractivity contribution >= 4 is 12.4 Å². The number of hydrogen-bond acceptors (Lipinski definition) is 2. The largest absolute Gasteiger partial charge is 0.298 e. The van der Waals surface area contributed by atoms with Gasteiger partial charge in [-0.2, -0.15) is 0 Å². The number of unbranched alkanes of at least 4 members (excludes halogenated alkanes) is 4. The van der Waals surface area contributed by atoms with Crippen molar-refractivity contribution in [1.82, 2.24) is 0 Å². The molecule has 0 aliphatic rings. The molecule has 0 unspecified atom stereocenters. The van der Waals surface area contributed by atoms with Gasteiger partial charge in [-0.15, -0.1) is 0 Å². The Morgan fingerprint density at radius 1 is 0.773 bits per heavy atom. The molecule has 0 N–H and O–H groups in total. The average Bonchev–Trinajstić information content (AvgIpc) is 2.41. The van der Waals surface area contributed by atoms with Crippen LogP contribution < -0.4 is 0 Å². The first-order valence-corrected chi connectivity index (χ1v) is 9.32. The number of aliphatic imine (C=N–C) groups is 2. The second-order valence-corrected chi connectivity index (χ2v) is 8.07. The van der Waals surface area contributed by atoms with Crippen LogP contribution in [0.15, 0.2) is 9.98 Å². The van der Waals surface area contributed by atoms with E-state index in [1.165, 1.54) is 38.5 Å². The molecule has 2 heteroatoms. The molecule has 0 aliphatic carbocycles. The Morgan fingerprint density at radius 3 is 1.86 bits per heavy atom. The molecule has 0 amide bonds. The maximum Gasteiger partial charge on any atom is 0.0385 e. The summed E-state index contributed by atoms with van der Waals surface area (Å²) in [7, 11) is 0. The third-order valence-corrected chi connectivity index (χ3v) is 3.93. The van der Waals surface area contributed by atoms with Crippen LogP contribution in [0.4, 0.5) is 0 Å². The lowest BCUT2D eigenvalue weighted by molar-refractivity contribution is 0.266. The maximum atomic E-state index is 4.64. The van der Waals surface area contributed by atoms with E-state index in [0.29, 0.717) is 0 Å². The minimum Gasteiger partial charge on any atom is -0.298 e. The zero-order valence-electron chi connectivity index (χ0n) is 16.1. The second kappa shape index (κ2) is 11.8. The normalized spacial score (nSPS) is 13.5. The molecule has 0 aromatic rings. The first-order valence-electron chi connectivity index (χ1n) is 9.32. The first-order chi connectivity index (χ1) is 10.3. The summed E-state index contributed by atoms with van der Waals surface area (Å²) in [5.41, 5.74) is 0.457. The Labute approximate surface area is 139 Å². The van der Waals surface area contributed by atoms with E-state index < -0.39 is 0 Å². The third-order valence-electron chi connectivity index (χ3n) is 3.93. The van der Waals surface area contributed by atoms with E-state index in [1.807, 2.05) is 0 Å². The quantitative estimate of drug-likeness (QED) is 0.280. The van der Waals surface area contributed by atoms with Crippen LogP contribution >= 0.6 is 0 Å². The molecule has 0 bridgehead atoms. The van der Waals surface area contributed by atoms with E-state index in [0.717, 1.165) is 25.9 Å². The van der Waals surface area contributed by atoms with Crippen LogP contribution in [-0.4, -0.2) is 25.5 Å². The van der Waals surface area contributed by atoms with Gasteiger partial charge in [0.2, 0.25) is 0 Å². The third kappa shape index (κ3) is 13.0. The van der Waals surface area contributed by atoms with Crippen molar-refractivity contribution in [3.63, 3.8) is 0 Å². The van der Waals surface area contributed by atoms with Crippen LogP contribution in [0.5, 0.6) is 0 Å². The Bertz CT molecular complexity index is 314. The van der Waals surface area contributed by atoms with Crippen molar-refractivity contribution < 1.29 is 0 Å². The Morgan fingerprint density at radius 2 is 1.32 bits per heavy atom. The molecule has 0 saturated carbocycles. The smallest absolute Gasteiger partial charge is 0.0385 e. The van der Waals surface area contributed by atoms with Crippen molar-refractivity contribution in [1.29, 1.82) is 0 Å². The highest BCUT2D eigenvalue weighted by atomic mass is 14.7. The van der Waals surface area contributed by atoms with Crippen LogP contribution in [0, 0.1) is 10.8 Å². The van der Waals surface area contributed by atoms with Crippen LogP contribution in [-0.2, 0) is 0 Å². The summed E-state index contributed by atoms with van der Waals surface area (Å²) in [6, 6.07) is 0. The molecule has 0 rings (SSSR count). The van der Waals surface area contributed by atoms with Crippen molar-refractivity contribution in [2.45, 2.75) is 92.9 Å². The molecule has 2 nitrogen and oxygen atoms in total. The minimum absolute atomic E-state index is 0.172. The molecule has 0 fully saturated rings. The van der Waals surface area contributed by atoms with Gasteiger partial charge in [0.05, 0.1) is 0 Å². The van der Waals surface area contributed by atoms with Gasteiger partial charge in [0.1, 0.15) is 0 Å². The van der Waals surface area contributed by atoms with Gasteiger partial charge in [-0.25, -0.2) is 0 Å². The molecule has 0 aliphatic heterocycles. The van der Waals surface area contributed by atoms with Gasteiger partial charge in [-0.1, -0.05) is 67.2 Å². The van der Waals surface area contributed by atoms with Crippen LogP contribution in [0.25, 0.3) is 0 Å². The topological polar surface area (TPSA) is 24.7 Å². The molecule has 0 aromatic carbocycles. The van der Waals surface area contributed by atoms with E-state index >= 15 is 0 Å². The van der Waals surface area contributed by atoms with Gasteiger partial charge in [0.25, 0.3) is 0 Å². The van der Waals surface area contributed by atoms with Crippen LogP contribution in [0.1, 0.15) is 92.9 Å². The number of hydrogen-bond donors (Lipinski definition) is 0. The Hall–Kier alpha value is -0.660. The predicted octanol–water partition coefficient (Wildman–Crippen LogP) is 6.34. The molecular weight excluding hydrogens is 268 g/mol. The second-order valence-electron chi connectivity index (χ2n) is 8.07. The van der Waals surface area contributed by atoms with Gasteiger partial charge in [-0.3, -0.25) is 9.98 Å². The molecule has 22 heavy (non-hydrogen) atoms. The maximum absolute atomic E-state index is 4.64. The van der Waals surface area contributed by atoms with E-state index in [-0.39, 0.29) is 10.8 Å². The van der Waals surface area contributed by atoms with Crippen molar-refractivity contribution in [2.24, 2.45) is 20.8 Å². The first kappa shape index (κ1) is 21.3. The Kier molecular flexibility index (Phi) is 11.5. The summed E-state index contributed by atoms with van der Waals surface area (Å²) in [4.78, 5) is 9.20. The standard InChI is InChI=1S/C20H40N2/c1-7-9-11-14-21-16-13-19(3,4)17-20(5,6)18-22-15-12-10-8-2/h16,18H,7-15,17H2,1-6H3/b21-16+,22-18+. The van der Waals surface area contributed by atoms with E-state index in [9.17, 15) is 0 Å². The monoisotopic (exact) mass is 308 g/mol. The zero-order valence-corrected chi connectivity index (χ0v) is 16.1. The van der Waals surface area contributed by atoms with E-state index in [2.05, 4.69) is 64.0 Å². The van der Waals surface area contributed by atoms with Gasteiger partial charge in [-0.05, 0) is 37.3 Å². The minimum atomic E-state index is 0.172. The summed E-state index contributed by atoms with van der Waals surface area (Å²) < 4.78 is 0. The zero-order chi connectivity index (χ0) is 16.9. The predicted molar refractivity (Wildman–Crippen MR) is 103 cm³/mol. The molecular formula is C20H40N2. The fourth-order valence-electron chi connectivity index (χ4n) is 2.97. The number of nitrogens with zero attached hydrogens (tertiary/aromatic N) is 2. The van der Waals surface area contributed by atoms with Gasteiger partial charge >= 0.3 is 0 Å². The Balaban J connectivity index is 4.13. The van der Waals surface area contributed by atoms with Gasteiger partial charge < -0.3 is 0 Å². The lowest BCUT2D eigenvalue weighted by Gasteiger charge is -2.31. The number of rotatable bonds is 13. The van der Waals surface area contributed by atoms with Crippen molar-refractivity contribution in [2.75, 3.05) is 13.1 Å². The molecule has 0 heterocycles. The fourth-order valence-corrected chi connectivity index (χ4v) is 2.97. The summed E-state index contributed by atoms with van der Waals surface area (Å²) in [6.45, 7) is 15.7. The molecule has 130 valence electrons.